The van der Waals surface area contributed by atoms with Crippen molar-refractivity contribution in [2.45, 2.75) is 44.6 Å². The van der Waals surface area contributed by atoms with Gasteiger partial charge in [0.05, 0.1) is 16.3 Å². The highest BCUT2D eigenvalue weighted by molar-refractivity contribution is 7.86. The van der Waals surface area contributed by atoms with Crippen LogP contribution in [0.3, 0.4) is 0 Å². The molecule has 2 fully saturated rings. The van der Waals surface area contributed by atoms with Crippen LogP contribution in [0.2, 0.25) is 0 Å². The molecule has 2 aliphatic rings. The molecule has 1 aromatic heterocycles. The lowest BCUT2D eigenvalue weighted by molar-refractivity contribution is 0.225. The van der Waals surface area contributed by atoms with Gasteiger partial charge in [0, 0.05) is 19.6 Å². The molecule has 4 rings (SSSR count). The van der Waals surface area contributed by atoms with E-state index in [1.807, 2.05) is 18.2 Å². The number of rotatable bonds is 3. The minimum Gasteiger partial charge on any atom is -0.239 e. The van der Waals surface area contributed by atoms with E-state index in [0.717, 1.165) is 53.7 Å². The van der Waals surface area contributed by atoms with Gasteiger partial charge in [0.2, 0.25) is 0 Å². The standard InChI is InChI=1S/C17H23N3O2S2/c21-24(22,19-11-5-1-6-12-19)20-13-7-4-9-15(20)17-18-14-8-2-3-10-16(14)23-17/h2-3,8,10,15H,1,4-7,9,11-13H2. The molecule has 0 saturated carbocycles. The first-order valence-electron chi connectivity index (χ1n) is 8.79. The van der Waals surface area contributed by atoms with Crippen LogP contribution < -0.4 is 0 Å². The topological polar surface area (TPSA) is 53.5 Å². The van der Waals surface area contributed by atoms with E-state index in [0.29, 0.717) is 19.6 Å². The van der Waals surface area contributed by atoms with Crippen molar-refractivity contribution in [3.05, 3.63) is 29.3 Å². The Kier molecular flexibility index (Phi) is 4.60. The molecular weight excluding hydrogens is 342 g/mol. The molecule has 0 bridgehead atoms. The normalized spacial score (nSPS) is 24.4. The monoisotopic (exact) mass is 365 g/mol. The number of piperidine rings is 2. The molecule has 0 amide bonds. The molecule has 2 aromatic rings. The molecule has 7 heteroatoms. The molecule has 3 heterocycles. The fraction of sp³-hybridized carbons (Fsp3) is 0.588. The summed E-state index contributed by atoms with van der Waals surface area (Å²) in [5, 5.41) is 0.941. The third kappa shape index (κ3) is 2.98. The predicted molar refractivity (Wildman–Crippen MR) is 97.3 cm³/mol. The Balaban J connectivity index is 1.67. The summed E-state index contributed by atoms with van der Waals surface area (Å²) in [5.74, 6) is 0. The number of hydrogen-bond acceptors (Lipinski definition) is 4. The second kappa shape index (κ2) is 6.71. The molecule has 2 aliphatic heterocycles. The number of para-hydroxylation sites is 1. The van der Waals surface area contributed by atoms with Crippen LogP contribution in [0.1, 0.15) is 49.6 Å². The van der Waals surface area contributed by atoms with Crippen molar-refractivity contribution in [1.29, 1.82) is 0 Å². The van der Waals surface area contributed by atoms with E-state index in [1.165, 1.54) is 0 Å². The highest BCUT2D eigenvalue weighted by Gasteiger charge is 2.38. The van der Waals surface area contributed by atoms with Crippen molar-refractivity contribution >= 4 is 31.8 Å². The van der Waals surface area contributed by atoms with Gasteiger partial charge < -0.3 is 0 Å². The molecule has 2 saturated heterocycles. The fourth-order valence-corrected chi connectivity index (χ4v) is 6.79. The number of aromatic nitrogens is 1. The maximum absolute atomic E-state index is 13.2. The molecule has 0 radical (unpaired) electrons. The van der Waals surface area contributed by atoms with Gasteiger partial charge in [-0.3, -0.25) is 0 Å². The van der Waals surface area contributed by atoms with E-state index >= 15 is 0 Å². The second-order valence-corrected chi connectivity index (χ2v) is 9.55. The van der Waals surface area contributed by atoms with Gasteiger partial charge in [-0.05, 0) is 37.8 Å². The molecule has 1 aromatic carbocycles. The summed E-state index contributed by atoms with van der Waals surface area (Å²) >= 11 is 1.63. The Hall–Kier alpha value is -1.02. The minimum absolute atomic E-state index is 0.108. The Bertz CT molecular complexity index is 779. The summed E-state index contributed by atoms with van der Waals surface area (Å²) in [7, 11) is -3.39. The van der Waals surface area contributed by atoms with Crippen molar-refractivity contribution in [2.24, 2.45) is 0 Å². The van der Waals surface area contributed by atoms with Gasteiger partial charge in [-0.2, -0.15) is 17.0 Å². The van der Waals surface area contributed by atoms with Gasteiger partial charge in [-0.25, -0.2) is 4.98 Å². The van der Waals surface area contributed by atoms with Crippen molar-refractivity contribution in [2.75, 3.05) is 19.6 Å². The van der Waals surface area contributed by atoms with Crippen LogP contribution in [0.5, 0.6) is 0 Å². The van der Waals surface area contributed by atoms with E-state index in [9.17, 15) is 8.42 Å². The van der Waals surface area contributed by atoms with Gasteiger partial charge >= 0.3 is 0 Å². The summed E-state index contributed by atoms with van der Waals surface area (Å²) in [6.45, 7) is 1.93. The first-order chi connectivity index (χ1) is 11.7. The smallest absolute Gasteiger partial charge is 0.239 e. The average molecular weight is 366 g/mol. The number of thiazole rings is 1. The second-order valence-electron chi connectivity index (χ2n) is 6.61. The zero-order chi connectivity index (χ0) is 16.6. The Labute approximate surface area is 147 Å². The van der Waals surface area contributed by atoms with Gasteiger partial charge in [-0.15, -0.1) is 11.3 Å². The summed E-state index contributed by atoms with van der Waals surface area (Å²) in [6.07, 6.45) is 5.94. The van der Waals surface area contributed by atoms with E-state index < -0.39 is 10.2 Å². The number of benzene rings is 1. The number of fused-ring (bicyclic) bond motifs is 1. The largest absolute Gasteiger partial charge is 0.282 e. The van der Waals surface area contributed by atoms with Crippen LogP contribution in [-0.4, -0.2) is 41.6 Å². The van der Waals surface area contributed by atoms with Gasteiger partial charge in [0.1, 0.15) is 5.01 Å². The minimum atomic E-state index is -3.39. The van der Waals surface area contributed by atoms with E-state index in [-0.39, 0.29) is 6.04 Å². The summed E-state index contributed by atoms with van der Waals surface area (Å²) < 4.78 is 30.9. The summed E-state index contributed by atoms with van der Waals surface area (Å²) in [6, 6.07) is 7.94. The predicted octanol–water partition coefficient (Wildman–Crippen LogP) is 3.55. The Morgan fingerprint density at radius 2 is 1.75 bits per heavy atom. The molecule has 5 nitrogen and oxygen atoms in total. The number of hydrogen-bond donors (Lipinski definition) is 0. The third-order valence-corrected chi connectivity index (χ3v) is 8.17. The third-order valence-electron chi connectivity index (χ3n) is 4.99. The highest BCUT2D eigenvalue weighted by Crippen LogP contribution is 2.38. The molecule has 0 spiro atoms. The van der Waals surface area contributed by atoms with Gasteiger partial charge in [-0.1, -0.05) is 25.0 Å². The zero-order valence-corrected chi connectivity index (χ0v) is 15.4. The highest BCUT2D eigenvalue weighted by atomic mass is 32.2. The fourth-order valence-electron chi connectivity index (χ4n) is 3.70. The molecule has 24 heavy (non-hydrogen) atoms. The van der Waals surface area contributed by atoms with Crippen LogP contribution in [0.4, 0.5) is 0 Å². The van der Waals surface area contributed by atoms with Crippen LogP contribution >= 0.6 is 11.3 Å². The van der Waals surface area contributed by atoms with Crippen molar-refractivity contribution in [3.8, 4) is 0 Å². The van der Waals surface area contributed by atoms with Crippen molar-refractivity contribution in [3.63, 3.8) is 0 Å². The van der Waals surface area contributed by atoms with Crippen molar-refractivity contribution < 1.29 is 8.42 Å². The van der Waals surface area contributed by atoms with Crippen molar-refractivity contribution in [1.82, 2.24) is 13.6 Å². The molecule has 1 atom stereocenters. The number of nitrogens with zero attached hydrogens (tertiary/aromatic N) is 3. The van der Waals surface area contributed by atoms with Crippen LogP contribution in [-0.2, 0) is 10.2 Å². The van der Waals surface area contributed by atoms with E-state index in [4.69, 9.17) is 4.98 Å². The molecule has 1 unspecified atom stereocenters. The summed E-state index contributed by atoms with van der Waals surface area (Å²) in [4.78, 5) is 4.74. The molecular formula is C17H23N3O2S2. The van der Waals surface area contributed by atoms with Crippen LogP contribution in [0.25, 0.3) is 10.2 Å². The Morgan fingerprint density at radius 1 is 1.00 bits per heavy atom. The van der Waals surface area contributed by atoms with Crippen LogP contribution in [0, 0.1) is 0 Å². The lowest BCUT2D eigenvalue weighted by Gasteiger charge is -2.38. The zero-order valence-electron chi connectivity index (χ0n) is 13.7. The first-order valence-corrected chi connectivity index (χ1v) is 11.0. The first kappa shape index (κ1) is 16.4. The van der Waals surface area contributed by atoms with Crippen LogP contribution in [0.15, 0.2) is 24.3 Å². The maximum atomic E-state index is 13.2. The van der Waals surface area contributed by atoms with E-state index in [1.54, 1.807) is 19.9 Å². The lowest BCUT2D eigenvalue weighted by Crippen LogP contribution is -2.48. The van der Waals surface area contributed by atoms with E-state index in [2.05, 4.69) is 6.07 Å². The molecule has 0 aliphatic carbocycles. The quantitative estimate of drug-likeness (QED) is 0.836. The van der Waals surface area contributed by atoms with Gasteiger partial charge in [0.15, 0.2) is 0 Å². The maximum Gasteiger partial charge on any atom is 0.282 e. The SMILES string of the molecule is O=S(=O)(N1CCCCC1)N1CCCCC1c1nc2ccccc2s1. The molecule has 0 N–H and O–H groups in total. The van der Waals surface area contributed by atoms with Gasteiger partial charge in [0.25, 0.3) is 10.2 Å². The average Bonchev–Trinajstić information content (AvgIpc) is 3.06. The molecule has 130 valence electrons. The Morgan fingerprint density at radius 3 is 2.54 bits per heavy atom. The summed E-state index contributed by atoms with van der Waals surface area (Å²) in [5.41, 5.74) is 0.971. The lowest BCUT2D eigenvalue weighted by atomic mass is 10.1.